The summed E-state index contributed by atoms with van der Waals surface area (Å²) in [4.78, 5) is 26.5. The van der Waals surface area contributed by atoms with Crippen molar-refractivity contribution in [2.24, 2.45) is 0 Å². The number of hydrogen-bond donors (Lipinski definition) is 0. The summed E-state index contributed by atoms with van der Waals surface area (Å²) in [5, 5.41) is 8.34. The summed E-state index contributed by atoms with van der Waals surface area (Å²) in [6.45, 7) is 0.904. The van der Waals surface area contributed by atoms with Crippen LogP contribution in [0.3, 0.4) is 0 Å². The molecular formula is C20H17FN2O3S. The molecule has 138 valence electrons. The van der Waals surface area contributed by atoms with Gasteiger partial charge in [0.1, 0.15) is 17.7 Å². The number of amides is 1. The SMILES string of the molecule is N#Cc1ccc(COC(=O)[C@H]2CN(C(=O)c3ccc(F)cc3)CCS2)cc1. The molecule has 0 saturated carbocycles. The zero-order valence-corrected chi connectivity index (χ0v) is 15.2. The quantitative estimate of drug-likeness (QED) is 0.758. The predicted molar refractivity (Wildman–Crippen MR) is 99.5 cm³/mol. The lowest BCUT2D eigenvalue weighted by Crippen LogP contribution is -2.45. The summed E-state index contributed by atoms with van der Waals surface area (Å²) < 4.78 is 18.4. The normalized spacial score (nSPS) is 16.4. The van der Waals surface area contributed by atoms with E-state index in [1.54, 1.807) is 29.2 Å². The molecule has 1 aliphatic rings. The maximum Gasteiger partial charge on any atom is 0.321 e. The van der Waals surface area contributed by atoms with Crippen LogP contribution in [0.5, 0.6) is 0 Å². The first-order valence-electron chi connectivity index (χ1n) is 8.39. The van der Waals surface area contributed by atoms with Crippen LogP contribution in [0.25, 0.3) is 0 Å². The molecule has 1 amide bonds. The molecule has 1 saturated heterocycles. The summed E-state index contributed by atoms with van der Waals surface area (Å²) in [5.41, 5.74) is 1.73. The summed E-state index contributed by atoms with van der Waals surface area (Å²) in [6.07, 6.45) is 0. The molecule has 1 atom stereocenters. The van der Waals surface area contributed by atoms with E-state index in [-0.39, 0.29) is 25.0 Å². The number of rotatable bonds is 4. The molecule has 27 heavy (non-hydrogen) atoms. The molecule has 0 aromatic heterocycles. The lowest BCUT2D eigenvalue weighted by molar-refractivity contribution is -0.144. The molecule has 3 rings (SSSR count). The minimum Gasteiger partial charge on any atom is -0.460 e. The number of carbonyl (C=O) groups is 2. The monoisotopic (exact) mass is 384 g/mol. The lowest BCUT2D eigenvalue weighted by atomic mass is 10.1. The molecule has 2 aromatic carbocycles. The van der Waals surface area contributed by atoms with Gasteiger partial charge in [0, 0.05) is 24.4 Å². The number of ether oxygens (including phenoxy) is 1. The molecule has 5 nitrogen and oxygen atoms in total. The third-order valence-corrected chi connectivity index (χ3v) is 5.33. The van der Waals surface area contributed by atoms with E-state index in [2.05, 4.69) is 0 Å². The summed E-state index contributed by atoms with van der Waals surface area (Å²) >= 11 is 1.46. The van der Waals surface area contributed by atoms with E-state index in [1.807, 2.05) is 6.07 Å². The van der Waals surface area contributed by atoms with Gasteiger partial charge in [-0.2, -0.15) is 5.26 Å². The van der Waals surface area contributed by atoms with Crippen LogP contribution in [0.2, 0.25) is 0 Å². The lowest BCUT2D eigenvalue weighted by Gasteiger charge is -2.31. The van der Waals surface area contributed by atoms with E-state index in [9.17, 15) is 14.0 Å². The number of benzene rings is 2. The largest absolute Gasteiger partial charge is 0.460 e. The highest BCUT2D eigenvalue weighted by Crippen LogP contribution is 2.22. The van der Waals surface area contributed by atoms with Crippen LogP contribution in [0.4, 0.5) is 4.39 Å². The van der Waals surface area contributed by atoms with E-state index < -0.39 is 11.1 Å². The van der Waals surface area contributed by atoms with E-state index in [4.69, 9.17) is 10.00 Å². The summed E-state index contributed by atoms with van der Waals surface area (Å²) in [6, 6.07) is 14.2. The van der Waals surface area contributed by atoms with Crippen molar-refractivity contribution in [3.8, 4) is 6.07 Å². The topological polar surface area (TPSA) is 70.4 Å². The van der Waals surface area contributed by atoms with Gasteiger partial charge in [-0.3, -0.25) is 9.59 Å². The number of carbonyl (C=O) groups excluding carboxylic acids is 2. The minimum atomic E-state index is -0.457. The molecular weight excluding hydrogens is 367 g/mol. The van der Waals surface area contributed by atoms with Crippen LogP contribution in [0.15, 0.2) is 48.5 Å². The Morgan fingerprint density at radius 1 is 1.19 bits per heavy atom. The summed E-state index contributed by atoms with van der Waals surface area (Å²) in [5.74, 6) is -0.366. The van der Waals surface area contributed by atoms with Gasteiger partial charge in [0.2, 0.25) is 0 Å². The number of esters is 1. The zero-order chi connectivity index (χ0) is 19.2. The fourth-order valence-electron chi connectivity index (χ4n) is 2.67. The molecule has 0 spiro atoms. The fraction of sp³-hybridized carbons (Fsp3) is 0.250. The smallest absolute Gasteiger partial charge is 0.321 e. The summed E-state index contributed by atoms with van der Waals surface area (Å²) in [7, 11) is 0. The Balaban J connectivity index is 1.56. The highest BCUT2D eigenvalue weighted by Gasteiger charge is 2.30. The van der Waals surface area contributed by atoms with E-state index in [0.29, 0.717) is 23.4 Å². The second kappa shape index (κ2) is 8.69. The second-order valence-electron chi connectivity index (χ2n) is 6.03. The Morgan fingerprint density at radius 3 is 2.56 bits per heavy atom. The average Bonchev–Trinajstić information content (AvgIpc) is 2.72. The number of thioether (sulfide) groups is 1. The number of nitrogens with zero attached hydrogens (tertiary/aromatic N) is 2. The highest BCUT2D eigenvalue weighted by atomic mass is 32.2. The molecule has 0 radical (unpaired) electrons. The molecule has 0 N–H and O–H groups in total. The van der Waals surface area contributed by atoms with E-state index in [1.165, 1.54) is 36.0 Å². The van der Waals surface area contributed by atoms with Gasteiger partial charge >= 0.3 is 5.97 Å². The molecule has 2 aromatic rings. The first kappa shape index (κ1) is 18.9. The van der Waals surface area contributed by atoms with Crippen LogP contribution in [0, 0.1) is 17.1 Å². The number of nitriles is 1. The Labute approximate surface area is 160 Å². The molecule has 1 fully saturated rings. The standard InChI is InChI=1S/C20H17FN2O3S/c21-17-7-5-16(6-8-17)19(24)23-9-10-27-18(12-23)20(25)26-13-15-3-1-14(11-22)2-4-15/h1-8,18H,9-10,12-13H2/t18-/m1/s1. The maximum absolute atomic E-state index is 13.0. The van der Waals surface area contributed by atoms with Gasteiger partial charge in [0.15, 0.2) is 0 Å². The molecule has 0 bridgehead atoms. The van der Waals surface area contributed by atoms with Crippen molar-refractivity contribution >= 4 is 23.6 Å². The van der Waals surface area contributed by atoms with Gasteiger partial charge < -0.3 is 9.64 Å². The third kappa shape index (κ3) is 4.86. The van der Waals surface area contributed by atoms with Crippen LogP contribution in [0.1, 0.15) is 21.5 Å². The zero-order valence-electron chi connectivity index (χ0n) is 14.4. The van der Waals surface area contributed by atoms with Crippen molar-refractivity contribution in [3.05, 3.63) is 71.0 Å². The fourth-order valence-corrected chi connectivity index (χ4v) is 3.77. The predicted octanol–water partition coefficient (Wildman–Crippen LogP) is 3.00. The van der Waals surface area contributed by atoms with E-state index >= 15 is 0 Å². The Kier molecular flexibility index (Phi) is 6.09. The van der Waals surface area contributed by atoms with Gasteiger partial charge in [-0.15, -0.1) is 11.8 Å². The highest BCUT2D eigenvalue weighted by molar-refractivity contribution is 8.00. The van der Waals surface area contributed by atoms with Crippen molar-refractivity contribution in [1.29, 1.82) is 5.26 Å². The van der Waals surface area contributed by atoms with Crippen molar-refractivity contribution in [2.75, 3.05) is 18.8 Å². The first-order chi connectivity index (χ1) is 13.1. The third-order valence-electron chi connectivity index (χ3n) is 4.17. The molecule has 0 unspecified atom stereocenters. The van der Waals surface area contributed by atoms with Gasteiger partial charge in [0.05, 0.1) is 11.6 Å². The van der Waals surface area contributed by atoms with Crippen molar-refractivity contribution < 1.29 is 18.7 Å². The number of hydrogen-bond acceptors (Lipinski definition) is 5. The second-order valence-corrected chi connectivity index (χ2v) is 7.34. The maximum atomic E-state index is 13.0. The van der Waals surface area contributed by atoms with Gasteiger partial charge in [-0.05, 0) is 42.0 Å². The van der Waals surface area contributed by atoms with Crippen LogP contribution < -0.4 is 0 Å². The van der Waals surface area contributed by atoms with Crippen LogP contribution >= 0.6 is 11.8 Å². The Hall–Kier alpha value is -2.85. The first-order valence-corrected chi connectivity index (χ1v) is 9.44. The van der Waals surface area contributed by atoms with Crippen molar-refractivity contribution in [2.45, 2.75) is 11.9 Å². The minimum absolute atomic E-state index is 0.119. The average molecular weight is 384 g/mol. The van der Waals surface area contributed by atoms with Gasteiger partial charge in [0.25, 0.3) is 5.91 Å². The van der Waals surface area contributed by atoms with Crippen molar-refractivity contribution in [1.82, 2.24) is 4.90 Å². The van der Waals surface area contributed by atoms with Crippen LogP contribution in [-0.2, 0) is 16.1 Å². The molecule has 7 heteroatoms. The molecule has 1 heterocycles. The molecule has 1 aliphatic heterocycles. The van der Waals surface area contributed by atoms with Gasteiger partial charge in [-0.1, -0.05) is 12.1 Å². The molecule has 0 aliphatic carbocycles. The van der Waals surface area contributed by atoms with Crippen molar-refractivity contribution in [3.63, 3.8) is 0 Å². The Bertz CT molecular complexity index is 862. The number of halogens is 1. The Morgan fingerprint density at radius 2 is 1.89 bits per heavy atom. The van der Waals surface area contributed by atoms with Gasteiger partial charge in [-0.25, -0.2) is 4.39 Å². The van der Waals surface area contributed by atoms with E-state index in [0.717, 1.165) is 5.56 Å². The van der Waals surface area contributed by atoms with Crippen LogP contribution in [-0.4, -0.2) is 40.9 Å².